The van der Waals surface area contributed by atoms with Crippen molar-refractivity contribution >= 4 is 17.4 Å². The lowest BCUT2D eigenvalue weighted by Crippen LogP contribution is -2.46. The summed E-state index contributed by atoms with van der Waals surface area (Å²) in [5, 5.41) is 2.90. The summed E-state index contributed by atoms with van der Waals surface area (Å²) in [7, 11) is 1.63. The van der Waals surface area contributed by atoms with Crippen LogP contribution in [0.5, 0.6) is 11.5 Å². The van der Waals surface area contributed by atoms with Gasteiger partial charge in [0.05, 0.1) is 25.6 Å². The number of anilines is 2. The van der Waals surface area contributed by atoms with Gasteiger partial charge in [0.15, 0.2) is 0 Å². The highest BCUT2D eigenvalue weighted by Crippen LogP contribution is 2.18. The lowest BCUT2D eigenvalue weighted by atomic mass is 10.2. The average Bonchev–Trinajstić information content (AvgIpc) is 2.78. The molecule has 1 fully saturated rings. The minimum absolute atomic E-state index is 0.0329. The molecule has 2 heterocycles. The van der Waals surface area contributed by atoms with Crippen molar-refractivity contribution in [1.82, 2.24) is 9.88 Å². The number of likely N-dealkylation sites (N-methyl/N-ethyl adjacent to an activating group) is 1. The van der Waals surface area contributed by atoms with Gasteiger partial charge in [0.25, 0.3) is 0 Å². The third-order valence-corrected chi connectivity index (χ3v) is 5.05. The average molecular weight is 399 g/mol. The molecule has 0 aliphatic carbocycles. The van der Waals surface area contributed by atoms with Crippen molar-refractivity contribution in [2.45, 2.75) is 19.8 Å². The first-order valence-electron chi connectivity index (χ1n) is 10.2. The van der Waals surface area contributed by atoms with Gasteiger partial charge in [0.1, 0.15) is 17.3 Å². The molecule has 1 aliphatic rings. The van der Waals surface area contributed by atoms with Crippen molar-refractivity contribution in [2.24, 2.45) is 0 Å². The molecular weight excluding hydrogens is 368 g/mol. The molecule has 1 amide bonds. The number of benzene rings is 1. The SMILES string of the molecule is CCN1CCN(c2ccc(NC(=O)CCCOc3ccc(OC)cc3)cn2)CC1. The van der Waals surface area contributed by atoms with Crippen LogP contribution in [0, 0.1) is 0 Å². The minimum Gasteiger partial charge on any atom is -0.497 e. The van der Waals surface area contributed by atoms with E-state index in [1.54, 1.807) is 13.3 Å². The van der Waals surface area contributed by atoms with E-state index in [1.807, 2.05) is 36.4 Å². The highest BCUT2D eigenvalue weighted by Gasteiger charge is 2.16. The molecule has 0 radical (unpaired) electrons. The number of methoxy groups -OCH3 is 1. The second-order valence-corrected chi connectivity index (χ2v) is 7.00. The van der Waals surface area contributed by atoms with Crippen molar-refractivity contribution in [3.8, 4) is 11.5 Å². The van der Waals surface area contributed by atoms with Gasteiger partial charge >= 0.3 is 0 Å². The number of carbonyl (C=O) groups is 1. The lowest BCUT2D eigenvalue weighted by Gasteiger charge is -2.34. The summed E-state index contributed by atoms with van der Waals surface area (Å²) in [6.07, 6.45) is 2.77. The molecule has 7 heteroatoms. The first-order valence-corrected chi connectivity index (χ1v) is 10.2. The number of amides is 1. The monoisotopic (exact) mass is 398 g/mol. The van der Waals surface area contributed by atoms with Crippen LogP contribution in [0.4, 0.5) is 11.5 Å². The Balaban J connectivity index is 1.36. The standard InChI is InChI=1S/C22H30N4O3/c1-3-25-12-14-26(15-13-25)21-11-6-18(17-23-21)24-22(27)5-4-16-29-20-9-7-19(28-2)8-10-20/h6-11,17H,3-5,12-16H2,1-2H3,(H,24,27). The van der Waals surface area contributed by atoms with Gasteiger partial charge in [-0.05, 0) is 49.4 Å². The molecule has 1 aliphatic heterocycles. The number of nitrogens with zero attached hydrogens (tertiary/aromatic N) is 3. The molecule has 2 aromatic rings. The van der Waals surface area contributed by atoms with E-state index in [2.05, 4.69) is 27.0 Å². The summed E-state index contributed by atoms with van der Waals surface area (Å²) in [5.41, 5.74) is 0.724. The number of aromatic nitrogens is 1. The molecule has 156 valence electrons. The van der Waals surface area contributed by atoms with Gasteiger partial charge in [-0.1, -0.05) is 6.92 Å². The molecule has 0 bridgehead atoms. The Labute approximate surface area is 172 Å². The van der Waals surface area contributed by atoms with Crippen molar-refractivity contribution in [3.63, 3.8) is 0 Å². The molecule has 0 saturated carbocycles. The molecule has 0 atom stereocenters. The first kappa shape index (κ1) is 20.9. The summed E-state index contributed by atoms with van der Waals surface area (Å²) in [4.78, 5) is 21.4. The van der Waals surface area contributed by atoms with Gasteiger partial charge in [0, 0.05) is 32.6 Å². The maximum Gasteiger partial charge on any atom is 0.224 e. The Morgan fingerprint density at radius 1 is 1.07 bits per heavy atom. The van der Waals surface area contributed by atoms with Crippen molar-refractivity contribution < 1.29 is 14.3 Å². The van der Waals surface area contributed by atoms with E-state index in [0.717, 1.165) is 55.7 Å². The van der Waals surface area contributed by atoms with Gasteiger partial charge in [-0.3, -0.25) is 4.79 Å². The van der Waals surface area contributed by atoms with Crippen LogP contribution in [0.3, 0.4) is 0 Å². The zero-order chi connectivity index (χ0) is 20.5. The van der Waals surface area contributed by atoms with Gasteiger partial charge in [-0.25, -0.2) is 4.98 Å². The Bertz CT molecular complexity index is 757. The van der Waals surface area contributed by atoms with Crippen molar-refractivity contribution in [3.05, 3.63) is 42.6 Å². The number of rotatable bonds is 9. The molecule has 0 unspecified atom stereocenters. The molecule has 1 saturated heterocycles. The topological polar surface area (TPSA) is 66.9 Å². The zero-order valence-electron chi connectivity index (χ0n) is 17.3. The highest BCUT2D eigenvalue weighted by atomic mass is 16.5. The predicted molar refractivity (Wildman–Crippen MR) is 115 cm³/mol. The number of hydrogen-bond acceptors (Lipinski definition) is 6. The van der Waals surface area contributed by atoms with E-state index in [0.29, 0.717) is 19.4 Å². The van der Waals surface area contributed by atoms with Crippen LogP contribution in [0.1, 0.15) is 19.8 Å². The third kappa shape index (κ3) is 6.35. The summed E-state index contributed by atoms with van der Waals surface area (Å²) in [5.74, 6) is 2.49. The van der Waals surface area contributed by atoms with E-state index in [-0.39, 0.29) is 5.91 Å². The van der Waals surface area contributed by atoms with E-state index in [9.17, 15) is 4.79 Å². The summed E-state index contributed by atoms with van der Waals surface area (Å²) < 4.78 is 10.8. The molecule has 7 nitrogen and oxygen atoms in total. The summed E-state index contributed by atoms with van der Waals surface area (Å²) >= 11 is 0. The Hall–Kier alpha value is -2.80. The quantitative estimate of drug-likeness (QED) is 0.655. The number of ether oxygens (including phenoxy) is 2. The largest absolute Gasteiger partial charge is 0.497 e. The van der Waals surface area contributed by atoms with Crippen LogP contribution in [-0.2, 0) is 4.79 Å². The van der Waals surface area contributed by atoms with Crippen LogP contribution in [-0.4, -0.2) is 62.2 Å². The minimum atomic E-state index is -0.0329. The van der Waals surface area contributed by atoms with Crippen molar-refractivity contribution in [1.29, 1.82) is 0 Å². The van der Waals surface area contributed by atoms with Crippen LogP contribution in [0.15, 0.2) is 42.6 Å². The Morgan fingerprint density at radius 3 is 2.41 bits per heavy atom. The second kappa shape index (κ2) is 10.7. The fourth-order valence-electron chi connectivity index (χ4n) is 3.26. The smallest absolute Gasteiger partial charge is 0.224 e. The lowest BCUT2D eigenvalue weighted by molar-refractivity contribution is -0.116. The second-order valence-electron chi connectivity index (χ2n) is 7.00. The maximum atomic E-state index is 12.1. The molecule has 1 aromatic carbocycles. The van der Waals surface area contributed by atoms with Crippen molar-refractivity contribution in [2.75, 3.05) is 56.7 Å². The molecule has 3 rings (SSSR count). The van der Waals surface area contributed by atoms with E-state index < -0.39 is 0 Å². The van der Waals surface area contributed by atoms with Crippen LogP contribution in [0.2, 0.25) is 0 Å². The third-order valence-electron chi connectivity index (χ3n) is 5.05. The van der Waals surface area contributed by atoms with Crippen LogP contribution < -0.4 is 19.7 Å². The molecule has 0 spiro atoms. The highest BCUT2D eigenvalue weighted by molar-refractivity contribution is 5.90. The van der Waals surface area contributed by atoms with Crippen LogP contribution in [0.25, 0.3) is 0 Å². The van der Waals surface area contributed by atoms with Gasteiger partial charge in [-0.2, -0.15) is 0 Å². The van der Waals surface area contributed by atoms with Gasteiger partial charge in [0.2, 0.25) is 5.91 Å². The molecule has 1 N–H and O–H groups in total. The first-order chi connectivity index (χ1) is 14.2. The van der Waals surface area contributed by atoms with Gasteiger partial charge in [-0.15, -0.1) is 0 Å². The van der Waals surface area contributed by atoms with Crippen LogP contribution >= 0.6 is 0 Å². The number of piperazine rings is 1. The summed E-state index contributed by atoms with van der Waals surface area (Å²) in [6.45, 7) is 7.88. The maximum absolute atomic E-state index is 12.1. The zero-order valence-corrected chi connectivity index (χ0v) is 17.3. The number of nitrogens with one attached hydrogen (secondary N) is 1. The number of hydrogen-bond donors (Lipinski definition) is 1. The van der Waals surface area contributed by atoms with E-state index >= 15 is 0 Å². The molecule has 29 heavy (non-hydrogen) atoms. The van der Waals surface area contributed by atoms with Gasteiger partial charge < -0.3 is 24.6 Å². The normalized spacial score (nSPS) is 14.5. The number of carbonyl (C=O) groups excluding carboxylic acids is 1. The predicted octanol–water partition coefficient (Wildman–Crippen LogP) is 3.03. The Kier molecular flexibility index (Phi) is 7.69. The van der Waals surface area contributed by atoms with E-state index in [4.69, 9.17) is 9.47 Å². The fraction of sp³-hybridized carbons (Fsp3) is 0.455. The Morgan fingerprint density at radius 2 is 1.79 bits per heavy atom. The molecule has 1 aromatic heterocycles. The van der Waals surface area contributed by atoms with E-state index in [1.165, 1.54) is 0 Å². The summed E-state index contributed by atoms with van der Waals surface area (Å²) in [6, 6.07) is 11.3. The number of pyridine rings is 1. The molecular formula is C22H30N4O3. The fourth-order valence-corrected chi connectivity index (χ4v) is 3.26.